The van der Waals surface area contributed by atoms with Gasteiger partial charge in [0.05, 0.1) is 32.9 Å². The van der Waals surface area contributed by atoms with Gasteiger partial charge in [0, 0.05) is 18.0 Å². The van der Waals surface area contributed by atoms with Crippen molar-refractivity contribution in [1.82, 2.24) is 19.1 Å². The van der Waals surface area contributed by atoms with E-state index in [4.69, 9.17) is 9.97 Å². The number of imidazole rings is 2. The first-order valence-corrected chi connectivity index (χ1v) is 17.0. The van der Waals surface area contributed by atoms with E-state index >= 15 is 0 Å². The fraction of sp³-hybridized carbons (Fsp3) is 0.314. The van der Waals surface area contributed by atoms with Crippen molar-refractivity contribution in [2.75, 3.05) is 18.0 Å². The molecule has 8 rings (SSSR count). The summed E-state index contributed by atoms with van der Waals surface area (Å²) in [5.74, 6) is 1.02. The second-order valence-electron chi connectivity index (χ2n) is 13.0. The molecule has 6 aromatic rings. The summed E-state index contributed by atoms with van der Waals surface area (Å²) in [6.45, 7) is 7.94. The summed E-state index contributed by atoms with van der Waals surface area (Å²) in [6, 6.07) is 28.1. The number of nitrogens with one attached hydrogen (secondary N) is 1. The highest BCUT2D eigenvalue weighted by atomic mass is 32.2. The van der Waals surface area contributed by atoms with Crippen molar-refractivity contribution in [3.63, 3.8) is 0 Å². The van der Waals surface area contributed by atoms with Gasteiger partial charge in [-0.3, -0.25) is 4.40 Å². The molecule has 0 radical (unpaired) electrons. The van der Waals surface area contributed by atoms with Gasteiger partial charge in [-0.25, -0.2) is 18.9 Å². The van der Waals surface area contributed by atoms with Gasteiger partial charge in [0.25, 0.3) is 0 Å². The van der Waals surface area contributed by atoms with E-state index in [1.807, 2.05) is 27.0 Å². The molecule has 2 aliphatic rings. The van der Waals surface area contributed by atoms with Crippen LogP contribution >= 0.6 is 11.8 Å². The van der Waals surface area contributed by atoms with Gasteiger partial charge >= 0.3 is 0 Å². The summed E-state index contributed by atoms with van der Waals surface area (Å²) in [7, 11) is -1.14. The maximum Gasteiger partial charge on any atom is 0.157 e. The van der Waals surface area contributed by atoms with Crippen LogP contribution in [-0.4, -0.2) is 36.4 Å². The Morgan fingerprint density at radius 2 is 1.70 bits per heavy atom. The van der Waals surface area contributed by atoms with Crippen molar-refractivity contribution >= 4 is 56.1 Å². The molecule has 1 spiro atoms. The van der Waals surface area contributed by atoms with Gasteiger partial charge < -0.3 is 4.90 Å². The molecule has 1 aliphatic heterocycles. The van der Waals surface area contributed by atoms with Gasteiger partial charge in [0.15, 0.2) is 11.5 Å². The third-order valence-corrected chi connectivity index (χ3v) is 12.1. The van der Waals surface area contributed by atoms with E-state index < -0.39 is 11.0 Å². The number of pyridine rings is 1. The summed E-state index contributed by atoms with van der Waals surface area (Å²) in [4.78, 5) is 14.8. The van der Waals surface area contributed by atoms with Crippen LogP contribution in [0.25, 0.3) is 27.6 Å². The average molecular weight is 606 g/mol. The van der Waals surface area contributed by atoms with E-state index in [0.29, 0.717) is 0 Å². The first-order chi connectivity index (χ1) is 20.8. The number of hydrogen-bond acceptors (Lipinski definition) is 5. The van der Waals surface area contributed by atoms with Crippen molar-refractivity contribution in [3.8, 4) is 0 Å². The van der Waals surface area contributed by atoms with Gasteiger partial charge in [0.1, 0.15) is 11.2 Å². The van der Waals surface area contributed by atoms with Crippen LogP contribution in [-0.2, 0) is 17.4 Å². The van der Waals surface area contributed by atoms with Crippen molar-refractivity contribution in [2.45, 2.75) is 60.6 Å². The Morgan fingerprint density at radius 1 is 0.930 bits per heavy atom. The Bertz CT molecular complexity index is 2000. The lowest BCUT2D eigenvalue weighted by atomic mass is 9.73. The lowest BCUT2D eigenvalue weighted by Crippen LogP contribution is -2.48. The zero-order chi connectivity index (χ0) is 29.3. The highest BCUT2D eigenvalue weighted by Crippen LogP contribution is 2.53. The van der Waals surface area contributed by atoms with Crippen LogP contribution in [0, 0.1) is 5.41 Å². The largest absolute Gasteiger partial charge is 0.355 e. The molecule has 2 atom stereocenters. The van der Waals surface area contributed by atoms with Crippen LogP contribution in [0.4, 0.5) is 5.82 Å². The minimum atomic E-state index is -1.14. The van der Waals surface area contributed by atoms with Crippen LogP contribution in [0.2, 0.25) is 0 Å². The van der Waals surface area contributed by atoms with Crippen LogP contribution in [0.3, 0.4) is 0 Å². The molecule has 218 valence electrons. The minimum absolute atomic E-state index is 0.0438. The maximum atomic E-state index is 13.3. The molecule has 1 fully saturated rings. The molecular formula is C35H35N5OS2. The molecule has 0 bridgehead atoms. The van der Waals surface area contributed by atoms with E-state index in [0.717, 1.165) is 59.9 Å². The second kappa shape index (κ2) is 10.0. The number of rotatable bonds is 5. The smallest absolute Gasteiger partial charge is 0.157 e. The Morgan fingerprint density at radius 3 is 2.53 bits per heavy atom. The predicted molar refractivity (Wildman–Crippen MR) is 178 cm³/mol. The number of hydrogen-bond donors (Lipinski definition) is 1. The highest BCUT2D eigenvalue weighted by Gasteiger charge is 2.49. The third kappa shape index (κ3) is 4.45. The molecule has 3 aromatic heterocycles. The highest BCUT2D eigenvalue weighted by molar-refractivity contribution is 7.99. The molecule has 1 N–H and O–H groups in total. The van der Waals surface area contributed by atoms with Crippen LogP contribution in [0.1, 0.15) is 50.8 Å². The number of piperidine rings is 1. The summed E-state index contributed by atoms with van der Waals surface area (Å²) >= 11 is 1.77. The van der Waals surface area contributed by atoms with E-state index in [1.54, 1.807) is 11.8 Å². The number of benzene rings is 3. The molecule has 4 heterocycles. The monoisotopic (exact) mass is 605 g/mol. The third-order valence-electron chi connectivity index (χ3n) is 9.38. The Hall–Kier alpha value is -3.46. The molecule has 0 amide bonds. The predicted octanol–water partition coefficient (Wildman–Crippen LogP) is 7.56. The zero-order valence-corrected chi connectivity index (χ0v) is 26.3. The van der Waals surface area contributed by atoms with Crippen molar-refractivity contribution < 1.29 is 4.21 Å². The number of nitrogens with zero attached hydrogens (tertiary/aromatic N) is 4. The average Bonchev–Trinajstić information content (AvgIpc) is 3.69. The van der Waals surface area contributed by atoms with Gasteiger partial charge in [0.2, 0.25) is 0 Å². The summed E-state index contributed by atoms with van der Waals surface area (Å²) in [5, 5.41) is 2.50. The van der Waals surface area contributed by atoms with Crippen molar-refractivity contribution in [1.29, 1.82) is 0 Å². The molecule has 6 nitrogen and oxygen atoms in total. The standard InChI is InChI=1S/C35H35N5OS2/c1-34(2,3)43(41)38-31-26-13-7-5-10-24(26)21-35(31)17-19-39(20-18-35)32-27-22-36-33-29(15-16-30(37-32)40(27)33)42-28-14-8-11-23-9-4-6-12-25(23)28/h4-16,22,31,38H,17-21H2,1-3H3. The van der Waals surface area contributed by atoms with E-state index in [9.17, 15) is 4.21 Å². The first kappa shape index (κ1) is 27.1. The Balaban J connectivity index is 1.08. The van der Waals surface area contributed by atoms with E-state index in [1.165, 1.54) is 26.8 Å². The molecule has 43 heavy (non-hydrogen) atoms. The van der Waals surface area contributed by atoms with Crippen LogP contribution in [0.5, 0.6) is 0 Å². The van der Waals surface area contributed by atoms with Gasteiger partial charge in [-0.1, -0.05) is 72.4 Å². The topological polar surface area (TPSA) is 62.5 Å². The molecule has 0 saturated carbocycles. The second-order valence-corrected chi connectivity index (χ2v) is 16.1. The normalized spacial score (nSPS) is 19.1. The quantitative estimate of drug-likeness (QED) is 0.220. The minimum Gasteiger partial charge on any atom is -0.355 e. The molecule has 2 unspecified atom stereocenters. The molecular weight excluding hydrogens is 571 g/mol. The lowest BCUT2D eigenvalue weighted by molar-refractivity contribution is 0.177. The van der Waals surface area contributed by atoms with E-state index in [-0.39, 0.29) is 16.2 Å². The fourth-order valence-corrected chi connectivity index (χ4v) is 9.07. The molecule has 8 heteroatoms. The Labute approximate surface area is 258 Å². The SMILES string of the molecule is CC(C)(C)S(=O)NC1c2ccccc2CC12CCN(c1nc3ccc(Sc4cccc5ccccc45)c4ncc1n34)CC2. The number of fused-ring (bicyclic) bond motifs is 2. The van der Waals surface area contributed by atoms with Gasteiger partial charge in [-0.15, -0.1) is 0 Å². The van der Waals surface area contributed by atoms with Gasteiger partial charge in [-0.05, 0) is 85.5 Å². The lowest BCUT2D eigenvalue weighted by Gasteiger charge is -2.44. The fourth-order valence-electron chi connectivity index (χ4n) is 7.07. The molecule has 3 aromatic carbocycles. The summed E-state index contributed by atoms with van der Waals surface area (Å²) < 4.78 is 18.8. The van der Waals surface area contributed by atoms with Crippen LogP contribution < -0.4 is 9.62 Å². The number of anilines is 1. The molecule has 1 aliphatic carbocycles. The van der Waals surface area contributed by atoms with Crippen molar-refractivity contribution in [2.24, 2.45) is 5.41 Å². The maximum absolute atomic E-state index is 13.3. The zero-order valence-electron chi connectivity index (χ0n) is 24.7. The summed E-state index contributed by atoms with van der Waals surface area (Å²) in [5.41, 5.74) is 5.71. The number of aromatic nitrogens is 3. The van der Waals surface area contributed by atoms with E-state index in [2.05, 4.69) is 92.9 Å². The van der Waals surface area contributed by atoms with Gasteiger partial charge in [-0.2, -0.15) is 0 Å². The van der Waals surface area contributed by atoms with Crippen molar-refractivity contribution in [3.05, 3.63) is 96.2 Å². The Kier molecular flexibility index (Phi) is 6.33. The van der Waals surface area contributed by atoms with Crippen LogP contribution in [0.15, 0.2) is 94.9 Å². The summed E-state index contributed by atoms with van der Waals surface area (Å²) in [6.07, 6.45) is 5.04. The first-order valence-electron chi connectivity index (χ1n) is 15.1. The molecule has 1 saturated heterocycles.